The van der Waals surface area contributed by atoms with E-state index in [9.17, 15) is 29.1 Å². The molecule has 260 valence electrons. The molecule has 6 N–H and O–H groups in total. The first-order valence-corrected chi connectivity index (χ1v) is 20.3. The highest BCUT2D eigenvalue weighted by Gasteiger charge is 2.21. The number of hydrogen-bond acceptors (Lipinski definition) is 9. The van der Waals surface area contributed by atoms with Gasteiger partial charge in [0.15, 0.2) is 0 Å². The summed E-state index contributed by atoms with van der Waals surface area (Å²) < 4.78 is 0. The van der Waals surface area contributed by atoms with Crippen LogP contribution in [0.1, 0.15) is 109 Å². The molecule has 2 unspecified atom stereocenters. The van der Waals surface area contributed by atoms with Crippen molar-refractivity contribution in [2.45, 2.75) is 121 Å². The lowest BCUT2D eigenvalue weighted by Crippen LogP contribution is -2.41. The molecule has 0 aromatic carbocycles. The molecule has 0 heterocycles. The van der Waals surface area contributed by atoms with Gasteiger partial charge in [-0.25, -0.2) is 4.79 Å². The molecule has 0 aromatic heterocycles. The summed E-state index contributed by atoms with van der Waals surface area (Å²) in [5.74, 6) is -3.48. The quantitative estimate of drug-likeness (QED) is 0.0361. The van der Waals surface area contributed by atoms with Crippen molar-refractivity contribution in [1.82, 2.24) is 15.7 Å². The lowest BCUT2D eigenvalue weighted by molar-refractivity contribution is -0.142. The van der Waals surface area contributed by atoms with Gasteiger partial charge >= 0.3 is 17.9 Å². The number of hydrogen-bond donors (Lipinski definition) is 6. The Kier molecular flexibility index (Phi) is 38.9. The normalized spacial score (nSPS) is 11.6. The average molecular weight is 704 g/mol. The number of rotatable bonds is 26. The third kappa shape index (κ3) is 37.0. The first-order chi connectivity index (χ1) is 21.0. The molecule has 0 saturated heterocycles. The molecule has 0 bridgehead atoms. The minimum atomic E-state index is -1.17. The first kappa shape index (κ1) is 47.2. The summed E-state index contributed by atoms with van der Waals surface area (Å²) in [7, 11) is 5.72. The van der Waals surface area contributed by atoms with Crippen LogP contribution in [0.25, 0.3) is 0 Å². The molecule has 0 aromatic rings. The maximum Gasteiger partial charge on any atom is 0.326 e. The van der Waals surface area contributed by atoms with E-state index < -0.39 is 30.0 Å². The van der Waals surface area contributed by atoms with E-state index >= 15 is 0 Å². The Morgan fingerprint density at radius 3 is 1.45 bits per heavy atom. The molecule has 0 rings (SSSR count). The molecule has 0 radical (unpaired) electrons. The van der Waals surface area contributed by atoms with E-state index in [2.05, 4.69) is 37.6 Å². The number of carboxylic acids is 3. The second kappa shape index (κ2) is 36.3. The van der Waals surface area contributed by atoms with E-state index in [1.807, 2.05) is 12.5 Å². The Balaban J connectivity index is -0.00000216. The van der Waals surface area contributed by atoms with Crippen LogP contribution in [0.4, 0.5) is 0 Å². The molecule has 0 aliphatic rings. The van der Waals surface area contributed by atoms with Crippen molar-refractivity contribution in [3.05, 3.63) is 0 Å². The predicted molar refractivity (Wildman–Crippen MR) is 189 cm³/mol. The summed E-state index contributed by atoms with van der Waals surface area (Å²) >= 11 is 1.75. The van der Waals surface area contributed by atoms with Gasteiger partial charge in [0.05, 0.1) is 0 Å². The van der Waals surface area contributed by atoms with Gasteiger partial charge in [0.1, 0.15) is 12.1 Å². The number of nitrogens with one attached hydrogen (secondary N) is 3. The van der Waals surface area contributed by atoms with Crippen LogP contribution in [0.3, 0.4) is 0 Å². The van der Waals surface area contributed by atoms with E-state index in [1.54, 1.807) is 33.3 Å². The molecule has 44 heavy (non-hydrogen) atoms. The fraction of sp³-hybridized carbons (Fsp3) is 0.828. The summed E-state index contributed by atoms with van der Waals surface area (Å²) in [5, 5.41) is 34.7. The number of amides is 2. The minimum Gasteiger partial charge on any atom is -0.481 e. The smallest absolute Gasteiger partial charge is 0.326 e. The second-order valence-corrected chi connectivity index (χ2v) is 13.9. The zero-order chi connectivity index (χ0) is 34.0. The Morgan fingerprint density at radius 1 is 0.591 bits per heavy atom. The third-order valence-electron chi connectivity index (χ3n) is 6.25. The van der Waals surface area contributed by atoms with E-state index in [0.717, 1.165) is 57.8 Å². The number of carboxylic acid groups (broad SMARTS) is 3. The highest BCUT2D eigenvalue weighted by atomic mass is 33.1. The minimum absolute atomic E-state index is 0.00127. The number of unbranched alkanes of at least 4 members (excludes halogenated alkanes) is 10. The number of carbonyl (C=O) groups excluding carboxylic acids is 2. The summed E-state index contributed by atoms with van der Waals surface area (Å²) in [6.45, 7) is 0.374. The van der Waals surface area contributed by atoms with Crippen LogP contribution in [0, 0.1) is 0 Å². The van der Waals surface area contributed by atoms with Gasteiger partial charge in [-0.3, -0.25) is 24.3 Å². The van der Waals surface area contributed by atoms with Crippen molar-refractivity contribution < 1.29 is 39.3 Å². The van der Waals surface area contributed by atoms with E-state index in [4.69, 9.17) is 10.2 Å². The standard InChI is InChI=1S/C25H46N3O8P.C2H6S2.C2H6S/c29-21(26-18-12-11-13-20(28-37)25(35)36)17-16-19(24(33)34)27-22(30)14-9-7-5-3-1-2-4-6-8-10-15-23(31)32;1-3-4-2;1-3-2/h19-20,28H,1-18,37H2,(H,26,29)(H,27,30)(H,31,32)(H,33,34)(H,35,36);1-2H3;1-2H3/t19-,20?;;/m0../s1. The highest BCUT2D eigenvalue weighted by Crippen LogP contribution is 2.12. The molecule has 0 aliphatic carbocycles. The predicted octanol–water partition coefficient (Wildman–Crippen LogP) is 5.83. The molecular weight excluding hydrogens is 646 g/mol. The van der Waals surface area contributed by atoms with Crippen LogP contribution in [-0.2, 0) is 24.0 Å². The van der Waals surface area contributed by atoms with E-state index in [-0.39, 0.29) is 37.5 Å². The maximum absolute atomic E-state index is 12.1. The van der Waals surface area contributed by atoms with Crippen LogP contribution >= 0.6 is 42.7 Å². The molecule has 2 amide bonds. The highest BCUT2D eigenvalue weighted by molar-refractivity contribution is 8.76. The summed E-state index contributed by atoms with van der Waals surface area (Å²) in [6.07, 6.45) is 20.1. The Bertz CT molecular complexity index is 753. The monoisotopic (exact) mass is 703 g/mol. The van der Waals surface area contributed by atoms with Gasteiger partial charge in [-0.1, -0.05) is 82.3 Å². The Morgan fingerprint density at radius 2 is 1.05 bits per heavy atom. The van der Waals surface area contributed by atoms with Gasteiger partial charge in [-0.2, -0.15) is 11.8 Å². The topological polar surface area (TPSA) is 182 Å². The third-order valence-corrected chi connectivity index (χ3v) is 7.98. The van der Waals surface area contributed by atoms with Crippen LogP contribution in [0.5, 0.6) is 0 Å². The largest absolute Gasteiger partial charge is 0.481 e. The van der Waals surface area contributed by atoms with Crippen molar-refractivity contribution in [2.24, 2.45) is 0 Å². The Hall–Kier alpha value is -1.21. The Labute approximate surface area is 279 Å². The molecule has 0 saturated carbocycles. The van der Waals surface area contributed by atoms with Gasteiger partial charge in [0.25, 0.3) is 0 Å². The molecule has 3 atom stereocenters. The fourth-order valence-electron chi connectivity index (χ4n) is 3.84. The average Bonchev–Trinajstić information content (AvgIpc) is 2.97. The van der Waals surface area contributed by atoms with Crippen molar-refractivity contribution in [1.29, 1.82) is 0 Å². The van der Waals surface area contributed by atoms with Gasteiger partial charge in [0.2, 0.25) is 11.8 Å². The van der Waals surface area contributed by atoms with Crippen LogP contribution < -0.4 is 15.7 Å². The molecule has 11 nitrogen and oxygen atoms in total. The van der Waals surface area contributed by atoms with Crippen LogP contribution in [-0.4, -0.2) is 88.7 Å². The van der Waals surface area contributed by atoms with Gasteiger partial charge in [0, 0.05) is 25.8 Å². The second-order valence-electron chi connectivity index (χ2n) is 10.1. The summed E-state index contributed by atoms with van der Waals surface area (Å²) in [4.78, 5) is 56.9. The summed E-state index contributed by atoms with van der Waals surface area (Å²) in [5.41, 5.74) is 0. The molecule has 0 spiro atoms. The van der Waals surface area contributed by atoms with E-state index in [1.165, 1.54) is 0 Å². The summed E-state index contributed by atoms with van der Waals surface area (Å²) in [6, 6.07) is -1.77. The molecular formula is C29H58N3O8PS3. The lowest BCUT2D eigenvalue weighted by atomic mass is 10.0. The molecule has 15 heteroatoms. The molecule has 0 aliphatic heterocycles. The van der Waals surface area contributed by atoms with E-state index in [0.29, 0.717) is 32.2 Å². The maximum atomic E-state index is 12.1. The van der Waals surface area contributed by atoms with Crippen LogP contribution in [0.2, 0.25) is 0 Å². The first-order valence-electron chi connectivity index (χ1n) is 15.2. The number of carbonyl (C=O) groups is 5. The fourth-order valence-corrected chi connectivity index (χ4v) is 4.15. The van der Waals surface area contributed by atoms with Gasteiger partial charge < -0.3 is 26.0 Å². The molecule has 0 fully saturated rings. The SMILES string of the molecule is CSC.CSSC.O=C(O)CCCCCCCCCCCCC(=O)N[C@@H](CCC(=O)NCCCCC(NP)C(=O)O)C(=O)O. The van der Waals surface area contributed by atoms with Crippen molar-refractivity contribution >= 4 is 72.5 Å². The zero-order valence-corrected chi connectivity index (χ0v) is 30.7. The van der Waals surface area contributed by atoms with Gasteiger partial charge in [-0.15, -0.1) is 0 Å². The number of thioether (sulfide) groups is 1. The van der Waals surface area contributed by atoms with Gasteiger partial charge in [-0.05, 0) is 63.5 Å². The van der Waals surface area contributed by atoms with Crippen molar-refractivity contribution in [3.8, 4) is 0 Å². The zero-order valence-electron chi connectivity index (χ0n) is 27.1. The number of aliphatic carboxylic acids is 3. The van der Waals surface area contributed by atoms with Crippen molar-refractivity contribution in [2.75, 3.05) is 31.6 Å². The van der Waals surface area contributed by atoms with Crippen molar-refractivity contribution in [3.63, 3.8) is 0 Å². The lowest BCUT2D eigenvalue weighted by Gasteiger charge is -2.14. The van der Waals surface area contributed by atoms with Crippen LogP contribution in [0.15, 0.2) is 0 Å².